The second-order valence-corrected chi connectivity index (χ2v) is 5.53. The Hall–Kier alpha value is -0.900. The maximum Gasteiger partial charge on any atom is 0.104 e. The standard InChI is InChI=1S/C10H14.C6H10O3/c1-9(2)8-10-6-4-3-5-7-10;1(5-3-8-5)7-2-6-4-9-6/h3-7,9H,8H2,1-2H3;5-6H,1-4H2. The van der Waals surface area contributed by atoms with Crippen molar-refractivity contribution in [3.8, 4) is 0 Å². The van der Waals surface area contributed by atoms with Crippen molar-refractivity contribution in [1.29, 1.82) is 0 Å². The van der Waals surface area contributed by atoms with Crippen molar-refractivity contribution in [3.05, 3.63) is 35.9 Å². The molecule has 2 heterocycles. The molecule has 0 aromatic heterocycles. The number of rotatable bonds is 6. The molecule has 3 heteroatoms. The Balaban J connectivity index is 0.000000141. The van der Waals surface area contributed by atoms with Gasteiger partial charge in [-0.3, -0.25) is 0 Å². The first-order chi connectivity index (χ1) is 9.24. The lowest BCUT2D eigenvalue weighted by Crippen LogP contribution is -2.06. The normalized spacial score (nSPS) is 23.7. The van der Waals surface area contributed by atoms with E-state index in [0.29, 0.717) is 12.2 Å². The van der Waals surface area contributed by atoms with Gasteiger partial charge in [-0.25, -0.2) is 0 Å². The smallest absolute Gasteiger partial charge is 0.104 e. The fourth-order valence-corrected chi connectivity index (χ4v) is 1.74. The highest BCUT2D eigenvalue weighted by atomic mass is 16.6. The van der Waals surface area contributed by atoms with E-state index in [1.54, 1.807) is 0 Å². The van der Waals surface area contributed by atoms with Crippen LogP contribution in [0.1, 0.15) is 19.4 Å². The highest BCUT2D eigenvalue weighted by Gasteiger charge is 2.26. The minimum absolute atomic E-state index is 0.392. The van der Waals surface area contributed by atoms with Gasteiger partial charge in [-0.2, -0.15) is 0 Å². The lowest BCUT2D eigenvalue weighted by Gasteiger charge is -2.02. The molecule has 2 atom stereocenters. The van der Waals surface area contributed by atoms with E-state index >= 15 is 0 Å². The Bertz CT molecular complexity index is 330. The molecule has 2 unspecified atom stereocenters. The Morgan fingerprint density at radius 3 is 2.00 bits per heavy atom. The summed E-state index contributed by atoms with van der Waals surface area (Å²) in [7, 11) is 0. The molecular formula is C16H24O3. The molecule has 0 aliphatic carbocycles. The van der Waals surface area contributed by atoms with Gasteiger partial charge < -0.3 is 14.2 Å². The molecule has 1 aromatic rings. The molecule has 2 fully saturated rings. The van der Waals surface area contributed by atoms with Crippen molar-refractivity contribution in [2.75, 3.05) is 26.4 Å². The summed E-state index contributed by atoms with van der Waals surface area (Å²) in [6.07, 6.45) is 1.98. The third kappa shape index (κ3) is 7.31. The van der Waals surface area contributed by atoms with Crippen LogP contribution in [0.15, 0.2) is 30.3 Å². The summed E-state index contributed by atoms with van der Waals surface area (Å²) >= 11 is 0. The largest absolute Gasteiger partial charge is 0.376 e. The van der Waals surface area contributed by atoms with Crippen molar-refractivity contribution in [1.82, 2.24) is 0 Å². The molecule has 0 amide bonds. The number of ether oxygens (including phenoxy) is 3. The fourth-order valence-electron chi connectivity index (χ4n) is 1.74. The second-order valence-electron chi connectivity index (χ2n) is 5.53. The van der Waals surface area contributed by atoms with Gasteiger partial charge in [0.05, 0.1) is 26.4 Å². The van der Waals surface area contributed by atoms with Crippen LogP contribution in [0.2, 0.25) is 0 Å². The topological polar surface area (TPSA) is 34.3 Å². The first-order valence-electron chi connectivity index (χ1n) is 7.09. The van der Waals surface area contributed by atoms with Gasteiger partial charge in [-0.15, -0.1) is 0 Å². The molecule has 0 N–H and O–H groups in total. The van der Waals surface area contributed by atoms with E-state index in [9.17, 15) is 0 Å². The van der Waals surface area contributed by atoms with Crippen LogP contribution in [-0.2, 0) is 20.6 Å². The predicted octanol–water partition coefficient (Wildman–Crippen LogP) is 2.69. The summed E-state index contributed by atoms with van der Waals surface area (Å²) in [6.45, 7) is 7.75. The minimum Gasteiger partial charge on any atom is -0.376 e. The van der Waals surface area contributed by atoms with Crippen LogP contribution in [0.25, 0.3) is 0 Å². The number of hydrogen-bond donors (Lipinski definition) is 0. The van der Waals surface area contributed by atoms with Gasteiger partial charge >= 0.3 is 0 Å². The third-order valence-corrected chi connectivity index (χ3v) is 2.90. The lowest BCUT2D eigenvalue weighted by molar-refractivity contribution is 0.102. The van der Waals surface area contributed by atoms with Gasteiger partial charge in [0.15, 0.2) is 0 Å². The number of epoxide rings is 2. The quantitative estimate of drug-likeness (QED) is 0.741. The Morgan fingerprint density at radius 2 is 1.58 bits per heavy atom. The van der Waals surface area contributed by atoms with Crippen molar-refractivity contribution in [2.45, 2.75) is 32.5 Å². The number of hydrogen-bond acceptors (Lipinski definition) is 3. The molecule has 2 aliphatic rings. The van der Waals surface area contributed by atoms with Gasteiger partial charge in [-0.05, 0) is 17.9 Å². The molecule has 1 aromatic carbocycles. The molecule has 106 valence electrons. The van der Waals surface area contributed by atoms with Crippen LogP contribution in [0, 0.1) is 5.92 Å². The summed E-state index contributed by atoms with van der Waals surface area (Å²) in [4.78, 5) is 0. The van der Waals surface area contributed by atoms with E-state index in [1.807, 2.05) is 0 Å². The van der Waals surface area contributed by atoms with E-state index in [-0.39, 0.29) is 0 Å². The zero-order chi connectivity index (χ0) is 13.5. The fraction of sp³-hybridized carbons (Fsp3) is 0.625. The van der Waals surface area contributed by atoms with E-state index in [2.05, 4.69) is 44.2 Å². The van der Waals surface area contributed by atoms with Crippen LogP contribution in [0.5, 0.6) is 0 Å². The summed E-state index contributed by atoms with van der Waals surface area (Å²) in [6, 6.07) is 10.6. The molecule has 3 rings (SSSR count). The van der Waals surface area contributed by atoms with E-state index in [1.165, 1.54) is 12.0 Å². The van der Waals surface area contributed by atoms with Crippen LogP contribution in [0.4, 0.5) is 0 Å². The zero-order valence-corrected chi connectivity index (χ0v) is 11.9. The summed E-state index contributed by atoms with van der Waals surface area (Å²) in [5.41, 5.74) is 1.44. The number of benzene rings is 1. The van der Waals surface area contributed by atoms with Gasteiger partial charge in [0.25, 0.3) is 0 Å². The zero-order valence-electron chi connectivity index (χ0n) is 11.9. The molecular weight excluding hydrogens is 240 g/mol. The van der Waals surface area contributed by atoms with Crippen LogP contribution >= 0.6 is 0 Å². The Labute approximate surface area is 115 Å². The van der Waals surface area contributed by atoms with E-state index in [0.717, 1.165) is 32.3 Å². The first-order valence-corrected chi connectivity index (χ1v) is 7.09. The maximum absolute atomic E-state index is 5.23. The van der Waals surface area contributed by atoms with Gasteiger partial charge in [0.2, 0.25) is 0 Å². The van der Waals surface area contributed by atoms with Crippen molar-refractivity contribution in [3.63, 3.8) is 0 Å². The molecule has 0 saturated carbocycles. The van der Waals surface area contributed by atoms with Crippen LogP contribution in [-0.4, -0.2) is 38.6 Å². The summed E-state index contributed by atoms with van der Waals surface area (Å²) in [5, 5.41) is 0. The van der Waals surface area contributed by atoms with Gasteiger partial charge in [0.1, 0.15) is 12.2 Å². The molecule has 3 nitrogen and oxygen atoms in total. The first kappa shape index (κ1) is 14.5. The van der Waals surface area contributed by atoms with Crippen molar-refractivity contribution >= 4 is 0 Å². The average Bonchev–Trinajstić information content (AvgIpc) is 3.25. The van der Waals surface area contributed by atoms with E-state index in [4.69, 9.17) is 14.2 Å². The second kappa shape index (κ2) is 7.63. The van der Waals surface area contributed by atoms with Gasteiger partial charge in [-0.1, -0.05) is 44.2 Å². The SMILES string of the molecule is C(OCC1CO1)C1CO1.CC(C)Cc1ccccc1. The Morgan fingerprint density at radius 1 is 1.05 bits per heavy atom. The van der Waals surface area contributed by atoms with Gasteiger partial charge in [0, 0.05) is 0 Å². The van der Waals surface area contributed by atoms with Crippen molar-refractivity contribution < 1.29 is 14.2 Å². The van der Waals surface area contributed by atoms with E-state index < -0.39 is 0 Å². The Kier molecular flexibility index (Phi) is 5.83. The highest BCUT2D eigenvalue weighted by Crippen LogP contribution is 2.12. The molecule has 0 radical (unpaired) electrons. The van der Waals surface area contributed by atoms with Crippen LogP contribution in [0.3, 0.4) is 0 Å². The molecule has 2 aliphatic heterocycles. The van der Waals surface area contributed by atoms with Crippen molar-refractivity contribution in [2.24, 2.45) is 5.92 Å². The molecule has 19 heavy (non-hydrogen) atoms. The minimum atomic E-state index is 0.392. The van der Waals surface area contributed by atoms with Crippen LogP contribution < -0.4 is 0 Å². The lowest BCUT2D eigenvalue weighted by atomic mass is 10.0. The monoisotopic (exact) mass is 264 g/mol. The molecule has 2 saturated heterocycles. The summed E-state index contributed by atoms with van der Waals surface area (Å²) < 4.78 is 15.1. The third-order valence-electron chi connectivity index (χ3n) is 2.90. The molecule has 0 spiro atoms. The maximum atomic E-state index is 5.23. The average molecular weight is 264 g/mol. The summed E-state index contributed by atoms with van der Waals surface area (Å²) in [5.74, 6) is 0.766. The predicted molar refractivity (Wildman–Crippen MR) is 75.3 cm³/mol. The molecule has 0 bridgehead atoms. The highest BCUT2D eigenvalue weighted by molar-refractivity contribution is 5.14.